The summed E-state index contributed by atoms with van der Waals surface area (Å²) in [7, 11) is -3.41. The summed E-state index contributed by atoms with van der Waals surface area (Å²) in [5, 5.41) is 2.73. The number of nitrogens with two attached hydrogens (primary N) is 1. The fraction of sp³-hybridized carbons (Fsp3) is 0.533. The van der Waals surface area contributed by atoms with Gasteiger partial charge < -0.3 is 11.1 Å². The van der Waals surface area contributed by atoms with Gasteiger partial charge in [-0.1, -0.05) is 38.5 Å². The first-order chi connectivity index (χ1) is 9.90. The predicted molar refractivity (Wildman–Crippen MR) is 90.8 cm³/mol. The highest BCUT2D eigenvalue weighted by Crippen LogP contribution is 2.12. The predicted octanol–water partition coefficient (Wildman–Crippen LogP) is 1.90. The molecule has 0 aliphatic heterocycles. The van der Waals surface area contributed by atoms with Gasteiger partial charge in [-0.3, -0.25) is 4.79 Å². The molecule has 0 aliphatic rings. The number of carbonyl (C=O) groups excluding carboxylic acids is 1. The Labute approximate surface area is 139 Å². The summed E-state index contributed by atoms with van der Waals surface area (Å²) < 4.78 is 24.6. The van der Waals surface area contributed by atoms with Gasteiger partial charge in [0.05, 0.1) is 16.7 Å². The molecule has 0 fully saturated rings. The minimum Gasteiger partial charge on any atom is -0.351 e. The van der Waals surface area contributed by atoms with E-state index in [9.17, 15) is 13.2 Å². The van der Waals surface area contributed by atoms with E-state index in [0.29, 0.717) is 12.8 Å². The van der Waals surface area contributed by atoms with E-state index in [1.54, 1.807) is 30.3 Å². The Hall–Kier alpha value is -1.11. The molecule has 0 spiro atoms. The van der Waals surface area contributed by atoms with Gasteiger partial charge in [0.25, 0.3) is 0 Å². The maximum absolute atomic E-state index is 12.3. The Balaban J connectivity index is 0.00000441. The molecule has 2 unspecified atom stereocenters. The number of amides is 1. The quantitative estimate of drug-likeness (QED) is 0.750. The number of hydrogen-bond donors (Lipinski definition) is 2. The topological polar surface area (TPSA) is 89.3 Å². The molecule has 0 aromatic heterocycles. The molecule has 2 atom stereocenters. The van der Waals surface area contributed by atoms with Crippen LogP contribution in [0.1, 0.15) is 33.1 Å². The molecule has 1 rings (SSSR count). The van der Waals surface area contributed by atoms with Crippen LogP contribution in [0.15, 0.2) is 35.2 Å². The van der Waals surface area contributed by atoms with E-state index in [2.05, 4.69) is 5.32 Å². The third-order valence-corrected chi connectivity index (χ3v) is 5.13. The zero-order valence-electron chi connectivity index (χ0n) is 13.0. The van der Waals surface area contributed by atoms with Gasteiger partial charge in [-0.25, -0.2) is 8.42 Å². The summed E-state index contributed by atoms with van der Waals surface area (Å²) in [6, 6.07) is 7.25. The minimum absolute atomic E-state index is 0. The third kappa shape index (κ3) is 6.34. The lowest BCUT2D eigenvalue weighted by molar-refractivity contribution is -0.123. The molecule has 0 aliphatic carbocycles. The van der Waals surface area contributed by atoms with Crippen molar-refractivity contribution in [2.45, 2.75) is 50.1 Å². The van der Waals surface area contributed by atoms with E-state index < -0.39 is 21.9 Å². The van der Waals surface area contributed by atoms with E-state index >= 15 is 0 Å². The second-order valence-corrected chi connectivity index (χ2v) is 7.14. The highest BCUT2D eigenvalue weighted by molar-refractivity contribution is 7.91. The van der Waals surface area contributed by atoms with Crippen LogP contribution in [0.25, 0.3) is 0 Å². The average Bonchev–Trinajstić information content (AvgIpc) is 2.47. The van der Waals surface area contributed by atoms with Crippen LogP contribution in [0.4, 0.5) is 0 Å². The van der Waals surface area contributed by atoms with Gasteiger partial charge in [-0.05, 0) is 25.0 Å². The number of nitrogens with one attached hydrogen (secondary N) is 1. The second-order valence-electron chi connectivity index (χ2n) is 5.10. The zero-order valence-corrected chi connectivity index (χ0v) is 14.6. The second kappa shape index (κ2) is 9.82. The lowest BCUT2D eigenvalue weighted by atomic mass is 10.1. The summed E-state index contributed by atoms with van der Waals surface area (Å²) in [4.78, 5) is 12.2. The highest BCUT2D eigenvalue weighted by atomic mass is 35.5. The van der Waals surface area contributed by atoms with Crippen molar-refractivity contribution in [3.8, 4) is 0 Å². The Kier molecular flexibility index (Phi) is 9.32. The maximum atomic E-state index is 12.3. The van der Waals surface area contributed by atoms with Gasteiger partial charge in [0.15, 0.2) is 9.84 Å². The molecule has 0 saturated heterocycles. The van der Waals surface area contributed by atoms with Crippen LogP contribution in [0.5, 0.6) is 0 Å². The fourth-order valence-electron chi connectivity index (χ4n) is 2.00. The molecule has 0 radical (unpaired) electrons. The number of rotatable bonds is 8. The first kappa shape index (κ1) is 20.9. The number of benzene rings is 1. The van der Waals surface area contributed by atoms with Gasteiger partial charge in [0.2, 0.25) is 5.91 Å². The molecule has 5 nitrogen and oxygen atoms in total. The summed E-state index contributed by atoms with van der Waals surface area (Å²) >= 11 is 0. The molecule has 7 heteroatoms. The first-order valence-electron chi connectivity index (χ1n) is 7.24. The van der Waals surface area contributed by atoms with Crippen LogP contribution in [0.2, 0.25) is 0 Å². The van der Waals surface area contributed by atoms with Gasteiger partial charge in [0, 0.05) is 6.04 Å². The molecule has 0 heterocycles. The molecule has 1 amide bonds. The van der Waals surface area contributed by atoms with Crippen molar-refractivity contribution in [2.24, 2.45) is 5.73 Å². The first-order valence-corrected chi connectivity index (χ1v) is 8.89. The van der Waals surface area contributed by atoms with E-state index in [0.717, 1.165) is 6.42 Å². The van der Waals surface area contributed by atoms with Gasteiger partial charge in [-0.2, -0.15) is 0 Å². The smallest absolute Gasteiger partial charge is 0.237 e. The van der Waals surface area contributed by atoms with Gasteiger partial charge in [-0.15, -0.1) is 12.4 Å². The standard InChI is InChI=1S/C15H24N2O3S.ClH/c1-3-8-14(16)15(18)17-12(4-2)11-21(19,20)13-9-6-5-7-10-13;/h5-7,9-10,12,14H,3-4,8,11,16H2,1-2H3,(H,17,18);1H. The number of carbonyl (C=O) groups is 1. The molecule has 1 aromatic carbocycles. The van der Waals surface area contributed by atoms with Gasteiger partial charge in [0.1, 0.15) is 0 Å². The molecule has 3 N–H and O–H groups in total. The van der Waals surface area contributed by atoms with Crippen molar-refractivity contribution in [1.29, 1.82) is 0 Å². The number of sulfone groups is 1. The molecule has 126 valence electrons. The number of hydrogen-bond acceptors (Lipinski definition) is 4. The third-order valence-electron chi connectivity index (χ3n) is 3.30. The van der Waals surface area contributed by atoms with E-state index in [-0.39, 0.29) is 29.0 Å². The average molecular weight is 349 g/mol. The summed E-state index contributed by atoms with van der Waals surface area (Å²) in [6.07, 6.45) is 1.94. The van der Waals surface area contributed by atoms with E-state index in [1.165, 1.54) is 0 Å². The van der Waals surface area contributed by atoms with Gasteiger partial charge >= 0.3 is 0 Å². The Morgan fingerprint density at radius 2 is 1.82 bits per heavy atom. The SMILES string of the molecule is CCCC(N)C(=O)NC(CC)CS(=O)(=O)c1ccccc1.Cl. The molecule has 22 heavy (non-hydrogen) atoms. The van der Waals surface area contributed by atoms with Crippen LogP contribution in [-0.4, -0.2) is 32.2 Å². The molecular formula is C15H25ClN2O3S. The van der Waals surface area contributed by atoms with Crippen LogP contribution >= 0.6 is 12.4 Å². The Morgan fingerprint density at radius 1 is 1.23 bits per heavy atom. The van der Waals surface area contributed by atoms with Crippen molar-refractivity contribution >= 4 is 28.2 Å². The normalized spacial score (nSPS) is 13.8. The lowest BCUT2D eigenvalue weighted by Gasteiger charge is -2.19. The number of halogens is 1. The van der Waals surface area contributed by atoms with Crippen molar-refractivity contribution in [3.63, 3.8) is 0 Å². The van der Waals surface area contributed by atoms with Crippen LogP contribution in [-0.2, 0) is 14.6 Å². The maximum Gasteiger partial charge on any atom is 0.237 e. The van der Waals surface area contributed by atoms with Crippen LogP contribution < -0.4 is 11.1 Å². The highest BCUT2D eigenvalue weighted by Gasteiger charge is 2.23. The summed E-state index contributed by atoms with van der Waals surface area (Å²) in [5.41, 5.74) is 5.74. The lowest BCUT2D eigenvalue weighted by Crippen LogP contribution is -2.47. The monoisotopic (exact) mass is 348 g/mol. The van der Waals surface area contributed by atoms with Crippen molar-refractivity contribution in [2.75, 3.05) is 5.75 Å². The Morgan fingerprint density at radius 3 is 2.32 bits per heavy atom. The zero-order chi connectivity index (χ0) is 15.9. The molecule has 0 saturated carbocycles. The van der Waals surface area contributed by atoms with E-state index in [1.807, 2.05) is 13.8 Å². The fourth-order valence-corrected chi connectivity index (χ4v) is 3.61. The van der Waals surface area contributed by atoms with E-state index in [4.69, 9.17) is 5.73 Å². The minimum atomic E-state index is -3.41. The van der Waals surface area contributed by atoms with Crippen LogP contribution in [0, 0.1) is 0 Å². The van der Waals surface area contributed by atoms with Crippen LogP contribution in [0.3, 0.4) is 0 Å². The van der Waals surface area contributed by atoms with Crippen molar-refractivity contribution in [3.05, 3.63) is 30.3 Å². The molecular weight excluding hydrogens is 324 g/mol. The molecule has 1 aromatic rings. The largest absolute Gasteiger partial charge is 0.351 e. The van der Waals surface area contributed by atoms with Crippen molar-refractivity contribution < 1.29 is 13.2 Å². The molecule has 0 bridgehead atoms. The summed E-state index contributed by atoms with van der Waals surface area (Å²) in [6.45, 7) is 3.79. The van der Waals surface area contributed by atoms with Crippen molar-refractivity contribution in [1.82, 2.24) is 5.32 Å². The Bertz CT molecular complexity index is 549. The summed E-state index contributed by atoms with van der Waals surface area (Å²) in [5.74, 6) is -0.398.